The van der Waals surface area contributed by atoms with Crippen molar-refractivity contribution >= 4 is 32.5 Å². The van der Waals surface area contributed by atoms with Crippen LogP contribution in [0, 0.1) is 13.8 Å². The molecule has 0 bridgehead atoms. The SMILES string of the molecule is COc1ccc(S(=O)(=O)N2CCCCC2)cc1NC(=O)c1ccc2[nH]c(C)c(C)c2c1. The van der Waals surface area contributed by atoms with Crippen LogP contribution in [0.5, 0.6) is 5.75 Å². The van der Waals surface area contributed by atoms with Gasteiger partial charge >= 0.3 is 0 Å². The maximum absolute atomic E-state index is 13.1. The van der Waals surface area contributed by atoms with Gasteiger partial charge in [-0.25, -0.2) is 8.42 Å². The molecule has 0 unspecified atom stereocenters. The van der Waals surface area contributed by atoms with Crippen LogP contribution < -0.4 is 10.1 Å². The number of hydrogen-bond acceptors (Lipinski definition) is 4. The molecule has 2 N–H and O–H groups in total. The molecule has 2 aromatic carbocycles. The van der Waals surface area contributed by atoms with Crippen molar-refractivity contribution in [3.8, 4) is 5.75 Å². The molecule has 164 valence electrons. The monoisotopic (exact) mass is 441 g/mol. The number of sulfonamides is 1. The summed E-state index contributed by atoms with van der Waals surface area (Å²) in [7, 11) is -2.13. The van der Waals surface area contributed by atoms with Crippen LogP contribution >= 0.6 is 0 Å². The predicted molar refractivity (Wildman–Crippen MR) is 121 cm³/mol. The van der Waals surface area contributed by atoms with Crippen LogP contribution in [0.2, 0.25) is 0 Å². The topological polar surface area (TPSA) is 91.5 Å². The Hall–Kier alpha value is -2.84. The fourth-order valence-electron chi connectivity index (χ4n) is 4.00. The molecule has 1 amide bonds. The number of amides is 1. The van der Waals surface area contributed by atoms with Gasteiger partial charge in [-0.1, -0.05) is 6.42 Å². The first-order valence-electron chi connectivity index (χ1n) is 10.4. The van der Waals surface area contributed by atoms with E-state index in [9.17, 15) is 13.2 Å². The number of carbonyl (C=O) groups excluding carboxylic acids is 1. The van der Waals surface area contributed by atoms with Crippen molar-refractivity contribution in [3.05, 3.63) is 53.2 Å². The largest absolute Gasteiger partial charge is 0.495 e. The van der Waals surface area contributed by atoms with Crippen molar-refractivity contribution in [1.82, 2.24) is 9.29 Å². The Morgan fingerprint density at radius 2 is 1.81 bits per heavy atom. The highest BCUT2D eigenvalue weighted by Gasteiger charge is 2.27. The summed E-state index contributed by atoms with van der Waals surface area (Å²) in [5.41, 5.74) is 3.94. The van der Waals surface area contributed by atoms with Crippen molar-refractivity contribution in [2.24, 2.45) is 0 Å². The van der Waals surface area contributed by atoms with Gasteiger partial charge in [0.25, 0.3) is 5.91 Å². The molecular weight excluding hydrogens is 414 g/mol. The molecule has 1 aromatic heterocycles. The molecule has 1 aliphatic heterocycles. The molecule has 1 fully saturated rings. The summed E-state index contributed by atoms with van der Waals surface area (Å²) in [6, 6.07) is 10.0. The lowest BCUT2D eigenvalue weighted by Gasteiger charge is -2.26. The van der Waals surface area contributed by atoms with E-state index < -0.39 is 10.0 Å². The lowest BCUT2D eigenvalue weighted by molar-refractivity contribution is 0.102. The average molecular weight is 442 g/mol. The second-order valence-electron chi connectivity index (χ2n) is 7.92. The van der Waals surface area contributed by atoms with Crippen molar-refractivity contribution in [1.29, 1.82) is 0 Å². The van der Waals surface area contributed by atoms with Crippen LogP contribution in [-0.2, 0) is 10.0 Å². The zero-order chi connectivity index (χ0) is 22.2. The number of aryl methyl sites for hydroxylation is 2. The molecule has 3 aromatic rings. The smallest absolute Gasteiger partial charge is 0.255 e. The zero-order valence-electron chi connectivity index (χ0n) is 18.0. The van der Waals surface area contributed by atoms with Crippen LogP contribution in [0.1, 0.15) is 40.9 Å². The van der Waals surface area contributed by atoms with E-state index in [1.165, 1.54) is 23.5 Å². The van der Waals surface area contributed by atoms with Crippen LogP contribution in [0.4, 0.5) is 5.69 Å². The van der Waals surface area contributed by atoms with Crippen LogP contribution in [0.25, 0.3) is 10.9 Å². The van der Waals surface area contributed by atoms with E-state index in [2.05, 4.69) is 10.3 Å². The Morgan fingerprint density at radius 1 is 1.06 bits per heavy atom. The maximum atomic E-state index is 13.1. The highest BCUT2D eigenvalue weighted by molar-refractivity contribution is 7.89. The number of H-pyrrole nitrogens is 1. The van der Waals surface area contributed by atoms with Crippen molar-refractivity contribution < 1.29 is 17.9 Å². The third kappa shape index (κ3) is 4.05. The summed E-state index contributed by atoms with van der Waals surface area (Å²) in [5, 5.41) is 3.81. The van der Waals surface area contributed by atoms with Gasteiger partial charge < -0.3 is 15.0 Å². The molecule has 0 aliphatic carbocycles. The standard InChI is InChI=1S/C23H27N3O4S/c1-15-16(2)24-20-9-7-17(13-19(15)20)23(27)25-21-14-18(8-10-22(21)30-3)31(28,29)26-11-5-4-6-12-26/h7-10,13-14,24H,4-6,11-12H2,1-3H3,(H,25,27). The Morgan fingerprint density at radius 3 is 2.52 bits per heavy atom. The van der Waals surface area contributed by atoms with E-state index in [1.54, 1.807) is 12.1 Å². The summed E-state index contributed by atoms with van der Waals surface area (Å²) in [5.74, 6) is 0.0756. The third-order valence-corrected chi connectivity index (χ3v) is 7.84. The number of hydrogen-bond donors (Lipinski definition) is 2. The second-order valence-corrected chi connectivity index (χ2v) is 9.85. The minimum atomic E-state index is -3.62. The fraction of sp³-hybridized carbons (Fsp3) is 0.348. The summed E-state index contributed by atoms with van der Waals surface area (Å²) in [6.45, 7) is 5.04. The number of methoxy groups -OCH3 is 1. The van der Waals surface area contributed by atoms with Gasteiger partial charge in [0, 0.05) is 35.2 Å². The molecule has 7 nitrogen and oxygen atoms in total. The van der Waals surface area contributed by atoms with Crippen LogP contribution in [0.15, 0.2) is 41.3 Å². The number of anilines is 1. The van der Waals surface area contributed by atoms with Gasteiger partial charge in [0.15, 0.2) is 0 Å². The third-order valence-electron chi connectivity index (χ3n) is 5.94. The number of aromatic nitrogens is 1. The van der Waals surface area contributed by atoms with E-state index >= 15 is 0 Å². The number of piperidine rings is 1. The van der Waals surface area contributed by atoms with E-state index in [0.717, 1.165) is 41.4 Å². The number of fused-ring (bicyclic) bond motifs is 1. The molecular formula is C23H27N3O4S. The second kappa shape index (κ2) is 8.36. The first-order chi connectivity index (χ1) is 14.8. The first-order valence-corrected chi connectivity index (χ1v) is 11.8. The number of benzene rings is 2. The lowest BCUT2D eigenvalue weighted by atomic mass is 10.1. The van der Waals surface area contributed by atoms with E-state index in [-0.39, 0.29) is 10.8 Å². The van der Waals surface area contributed by atoms with Gasteiger partial charge in [-0.05, 0) is 68.7 Å². The van der Waals surface area contributed by atoms with Gasteiger partial charge in [0.2, 0.25) is 10.0 Å². The summed E-state index contributed by atoms with van der Waals surface area (Å²) in [6.07, 6.45) is 2.76. The zero-order valence-corrected chi connectivity index (χ0v) is 18.8. The minimum Gasteiger partial charge on any atom is -0.495 e. The lowest BCUT2D eigenvalue weighted by Crippen LogP contribution is -2.35. The molecule has 8 heteroatoms. The van der Waals surface area contributed by atoms with E-state index in [4.69, 9.17) is 4.74 Å². The van der Waals surface area contributed by atoms with Gasteiger partial charge in [-0.15, -0.1) is 0 Å². The van der Waals surface area contributed by atoms with Crippen LogP contribution in [-0.4, -0.2) is 43.8 Å². The van der Waals surface area contributed by atoms with E-state index in [1.807, 2.05) is 26.0 Å². The molecule has 2 heterocycles. The van der Waals surface area contributed by atoms with Gasteiger partial charge in [-0.3, -0.25) is 4.79 Å². The highest BCUT2D eigenvalue weighted by atomic mass is 32.2. The average Bonchev–Trinajstić information content (AvgIpc) is 3.07. The summed E-state index contributed by atoms with van der Waals surface area (Å²) >= 11 is 0. The van der Waals surface area contributed by atoms with Crippen LogP contribution in [0.3, 0.4) is 0 Å². The van der Waals surface area contributed by atoms with E-state index in [0.29, 0.717) is 30.1 Å². The summed E-state index contributed by atoms with van der Waals surface area (Å²) in [4.78, 5) is 16.4. The molecule has 0 saturated carbocycles. The van der Waals surface area contributed by atoms with Gasteiger partial charge in [0.1, 0.15) is 5.75 Å². The Labute approximate surface area is 182 Å². The quantitative estimate of drug-likeness (QED) is 0.620. The number of nitrogens with zero attached hydrogens (tertiary/aromatic N) is 1. The molecule has 1 saturated heterocycles. The number of ether oxygens (including phenoxy) is 1. The number of aromatic amines is 1. The Kier molecular flexibility index (Phi) is 5.77. The van der Waals surface area contributed by atoms with Gasteiger partial charge in [-0.2, -0.15) is 4.31 Å². The van der Waals surface area contributed by atoms with Gasteiger partial charge in [0.05, 0.1) is 17.7 Å². The highest BCUT2D eigenvalue weighted by Crippen LogP contribution is 2.31. The maximum Gasteiger partial charge on any atom is 0.255 e. The molecule has 0 radical (unpaired) electrons. The molecule has 31 heavy (non-hydrogen) atoms. The Balaban J connectivity index is 1.65. The molecule has 0 spiro atoms. The molecule has 4 rings (SSSR count). The summed E-state index contributed by atoms with van der Waals surface area (Å²) < 4.78 is 33.0. The molecule has 1 aliphatic rings. The first kappa shape index (κ1) is 21.4. The molecule has 0 atom stereocenters. The fourth-order valence-corrected chi connectivity index (χ4v) is 5.54. The minimum absolute atomic E-state index is 0.151. The van der Waals surface area contributed by atoms with Crippen molar-refractivity contribution in [3.63, 3.8) is 0 Å². The normalized spacial score (nSPS) is 15.2. The Bertz CT molecular complexity index is 1240. The number of nitrogens with one attached hydrogen (secondary N) is 2. The van der Waals surface area contributed by atoms with Crippen molar-refractivity contribution in [2.75, 3.05) is 25.5 Å². The predicted octanol–water partition coefficient (Wildman–Crippen LogP) is 4.22. The van der Waals surface area contributed by atoms with Crippen molar-refractivity contribution in [2.45, 2.75) is 38.0 Å². The number of carbonyl (C=O) groups is 1. The number of rotatable bonds is 5.